The van der Waals surface area contributed by atoms with Crippen molar-refractivity contribution in [1.82, 2.24) is 15.0 Å². The molecule has 2 saturated heterocycles. The van der Waals surface area contributed by atoms with Crippen LogP contribution in [0, 0.1) is 0 Å². The summed E-state index contributed by atoms with van der Waals surface area (Å²) in [5, 5.41) is 86.9. The molecular formula is C20H27N3O10. The normalized spacial score (nSPS) is 39.5. The van der Waals surface area contributed by atoms with E-state index in [0.717, 1.165) is 0 Å². The van der Waals surface area contributed by atoms with Gasteiger partial charge in [-0.1, -0.05) is 17.3 Å². The number of nitrogens with zero attached hydrogens (tertiary/aromatic N) is 3. The van der Waals surface area contributed by atoms with E-state index in [1.165, 1.54) is 10.9 Å². The Labute approximate surface area is 187 Å². The quantitative estimate of drug-likeness (QED) is 0.213. The van der Waals surface area contributed by atoms with Crippen molar-refractivity contribution < 1.29 is 50.3 Å². The third-order valence-corrected chi connectivity index (χ3v) is 6.07. The van der Waals surface area contributed by atoms with Gasteiger partial charge in [0.25, 0.3) is 0 Å². The zero-order chi connectivity index (χ0) is 23.9. The average molecular weight is 469 g/mol. The minimum Gasteiger partial charge on any atom is -0.394 e. The number of aliphatic hydroxyl groups is 8. The molecular weight excluding hydrogens is 442 g/mol. The number of ether oxygens (including phenoxy) is 2. The smallest absolute Gasteiger partial charge is 0.132 e. The number of benzene rings is 1. The van der Waals surface area contributed by atoms with Crippen molar-refractivity contribution in [2.24, 2.45) is 0 Å². The van der Waals surface area contributed by atoms with E-state index in [9.17, 15) is 40.9 Å². The molecule has 0 spiro atoms. The lowest BCUT2D eigenvalue weighted by molar-refractivity contribution is -0.232. The van der Waals surface area contributed by atoms with Gasteiger partial charge in [0.15, 0.2) is 0 Å². The van der Waals surface area contributed by atoms with Gasteiger partial charge < -0.3 is 50.3 Å². The van der Waals surface area contributed by atoms with Crippen molar-refractivity contribution in [1.29, 1.82) is 0 Å². The van der Waals surface area contributed by atoms with Crippen molar-refractivity contribution in [3.63, 3.8) is 0 Å². The molecule has 0 radical (unpaired) electrons. The van der Waals surface area contributed by atoms with Crippen LogP contribution in [0.15, 0.2) is 30.5 Å². The van der Waals surface area contributed by atoms with E-state index in [2.05, 4.69) is 10.3 Å². The van der Waals surface area contributed by atoms with E-state index in [4.69, 9.17) is 9.47 Å². The Balaban J connectivity index is 1.52. The molecule has 0 amide bonds. The van der Waals surface area contributed by atoms with Crippen molar-refractivity contribution in [2.75, 3.05) is 13.2 Å². The molecule has 2 aliphatic rings. The predicted octanol–water partition coefficient (Wildman–Crippen LogP) is -3.70. The molecule has 0 saturated carbocycles. The zero-order valence-electron chi connectivity index (χ0n) is 17.3. The second-order valence-electron chi connectivity index (χ2n) is 8.18. The fourth-order valence-corrected chi connectivity index (χ4v) is 4.07. The van der Waals surface area contributed by atoms with Gasteiger partial charge in [0.05, 0.1) is 25.1 Å². The van der Waals surface area contributed by atoms with E-state index >= 15 is 0 Å². The van der Waals surface area contributed by atoms with Gasteiger partial charge in [-0.3, -0.25) is 0 Å². The van der Waals surface area contributed by atoms with Crippen LogP contribution in [-0.4, -0.2) is 118 Å². The summed E-state index contributed by atoms with van der Waals surface area (Å²) in [6.45, 7) is -1.09. The second kappa shape index (κ2) is 9.68. The van der Waals surface area contributed by atoms with E-state index in [1.54, 1.807) is 24.3 Å². The molecule has 13 nitrogen and oxygen atoms in total. The van der Waals surface area contributed by atoms with Crippen molar-refractivity contribution in [3.05, 3.63) is 41.7 Å². The summed E-state index contributed by atoms with van der Waals surface area (Å²) in [5.41, 5.74) is 1.20. The molecule has 13 heteroatoms. The zero-order valence-corrected chi connectivity index (χ0v) is 17.3. The van der Waals surface area contributed by atoms with Crippen LogP contribution >= 0.6 is 0 Å². The first kappa shape index (κ1) is 24.1. The van der Waals surface area contributed by atoms with Crippen LogP contribution < -0.4 is 0 Å². The van der Waals surface area contributed by atoms with E-state index in [0.29, 0.717) is 11.3 Å². The monoisotopic (exact) mass is 469 g/mol. The molecule has 182 valence electrons. The molecule has 2 fully saturated rings. The Morgan fingerprint density at radius 2 is 1.21 bits per heavy atom. The molecule has 0 aliphatic carbocycles. The van der Waals surface area contributed by atoms with Crippen LogP contribution in [0.25, 0.3) is 5.69 Å². The largest absolute Gasteiger partial charge is 0.394 e. The lowest BCUT2D eigenvalue weighted by Crippen LogP contribution is -2.55. The Hall–Kier alpha value is -2.04. The number of hydrogen-bond donors (Lipinski definition) is 8. The Bertz CT molecular complexity index is 923. The van der Waals surface area contributed by atoms with Gasteiger partial charge in [0.1, 0.15) is 66.7 Å². The van der Waals surface area contributed by atoms with Crippen LogP contribution in [-0.2, 0) is 9.47 Å². The minimum atomic E-state index is -1.54. The maximum absolute atomic E-state index is 10.3. The number of rotatable bonds is 5. The summed E-state index contributed by atoms with van der Waals surface area (Å²) in [7, 11) is 0. The summed E-state index contributed by atoms with van der Waals surface area (Å²) in [6.07, 6.45) is -11.6. The highest BCUT2D eigenvalue weighted by atomic mass is 16.6. The first-order valence-corrected chi connectivity index (χ1v) is 10.4. The Morgan fingerprint density at radius 1 is 0.697 bits per heavy atom. The Kier molecular flexibility index (Phi) is 7.07. The van der Waals surface area contributed by atoms with Gasteiger partial charge >= 0.3 is 0 Å². The highest BCUT2D eigenvalue weighted by Crippen LogP contribution is 2.33. The molecule has 3 heterocycles. The van der Waals surface area contributed by atoms with Crippen molar-refractivity contribution in [2.45, 2.75) is 61.0 Å². The predicted molar refractivity (Wildman–Crippen MR) is 107 cm³/mol. The Morgan fingerprint density at radius 3 is 1.76 bits per heavy atom. The molecule has 2 aromatic rings. The summed E-state index contributed by atoms with van der Waals surface area (Å²) in [4.78, 5) is 0. The SMILES string of the molecule is OC[C@H]1O[C@H](c2ccc(-n3cc([C@H]4O[C@H](CO)[C@@H](O)[C@H](O)[C@@H]4O)nn3)cc2)[C@@H](O)[C@@H](O)[C@@H]1O. The molecule has 10 atom stereocenters. The first-order valence-electron chi connectivity index (χ1n) is 10.4. The molecule has 0 unspecified atom stereocenters. The standard InChI is InChI=1S/C20H27N3O10/c24-6-11-13(26)15(28)17(30)19(32-11)8-1-3-9(4-2-8)23-5-10(21-22-23)20-18(31)16(29)14(27)12(7-25)33-20/h1-5,11-20,24-31H,6-7H2/t11-,12-,13-,14-,15+,16+,17+,18+,19-,20-/m1/s1. The van der Waals surface area contributed by atoms with E-state index in [-0.39, 0.29) is 5.69 Å². The second-order valence-corrected chi connectivity index (χ2v) is 8.18. The van der Waals surface area contributed by atoms with Gasteiger partial charge in [-0.15, -0.1) is 5.10 Å². The van der Waals surface area contributed by atoms with Crippen LogP contribution in [0.5, 0.6) is 0 Å². The highest BCUT2D eigenvalue weighted by molar-refractivity contribution is 5.35. The molecule has 1 aromatic heterocycles. The van der Waals surface area contributed by atoms with Gasteiger partial charge in [-0.25, -0.2) is 4.68 Å². The number of aliphatic hydroxyl groups excluding tert-OH is 8. The van der Waals surface area contributed by atoms with Crippen molar-refractivity contribution >= 4 is 0 Å². The van der Waals surface area contributed by atoms with E-state index in [1.807, 2.05) is 0 Å². The molecule has 1 aromatic carbocycles. The summed E-state index contributed by atoms with van der Waals surface area (Å²) in [6, 6.07) is 6.47. The van der Waals surface area contributed by atoms with Gasteiger partial charge in [0, 0.05) is 0 Å². The lowest BCUT2D eigenvalue weighted by atomic mass is 9.91. The third-order valence-electron chi connectivity index (χ3n) is 6.07. The average Bonchev–Trinajstić information content (AvgIpc) is 3.32. The fraction of sp³-hybridized carbons (Fsp3) is 0.600. The topological polar surface area (TPSA) is 211 Å². The number of aromatic nitrogens is 3. The molecule has 8 N–H and O–H groups in total. The fourth-order valence-electron chi connectivity index (χ4n) is 4.07. The summed E-state index contributed by atoms with van der Waals surface area (Å²) < 4.78 is 12.4. The van der Waals surface area contributed by atoms with Crippen LogP contribution in [0.3, 0.4) is 0 Å². The van der Waals surface area contributed by atoms with Gasteiger partial charge in [-0.05, 0) is 17.7 Å². The van der Waals surface area contributed by atoms with Gasteiger partial charge in [-0.2, -0.15) is 0 Å². The highest BCUT2D eigenvalue weighted by Gasteiger charge is 2.45. The maximum atomic E-state index is 10.3. The summed E-state index contributed by atoms with van der Waals surface area (Å²) >= 11 is 0. The maximum Gasteiger partial charge on any atom is 0.132 e. The third kappa shape index (κ3) is 4.40. The number of hydrogen-bond acceptors (Lipinski definition) is 12. The van der Waals surface area contributed by atoms with Crippen LogP contribution in [0.1, 0.15) is 23.5 Å². The molecule has 33 heavy (non-hydrogen) atoms. The van der Waals surface area contributed by atoms with Crippen molar-refractivity contribution in [3.8, 4) is 5.69 Å². The molecule has 4 rings (SSSR count). The molecule has 0 bridgehead atoms. The van der Waals surface area contributed by atoms with Gasteiger partial charge in [0.2, 0.25) is 0 Å². The van der Waals surface area contributed by atoms with Crippen LogP contribution in [0.4, 0.5) is 0 Å². The lowest BCUT2D eigenvalue weighted by Gasteiger charge is -2.40. The minimum absolute atomic E-state index is 0.171. The molecule has 2 aliphatic heterocycles. The first-order chi connectivity index (χ1) is 15.8. The van der Waals surface area contributed by atoms with Crippen LogP contribution in [0.2, 0.25) is 0 Å². The van der Waals surface area contributed by atoms with E-state index < -0.39 is 74.3 Å². The summed E-state index contributed by atoms with van der Waals surface area (Å²) in [5.74, 6) is 0.